The van der Waals surface area contributed by atoms with E-state index in [1.165, 1.54) is 0 Å². The summed E-state index contributed by atoms with van der Waals surface area (Å²) in [5, 5.41) is 4.21. The van der Waals surface area contributed by atoms with Gasteiger partial charge in [-0.25, -0.2) is 8.42 Å². The van der Waals surface area contributed by atoms with Crippen LogP contribution in [0.15, 0.2) is 33.2 Å². The number of rotatable bonds is 6. The van der Waals surface area contributed by atoms with Crippen LogP contribution < -0.4 is 5.32 Å². The summed E-state index contributed by atoms with van der Waals surface area (Å²) in [7, 11) is -2.93. The molecular weight excluding hydrogens is 342 g/mol. The summed E-state index contributed by atoms with van der Waals surface area (Å²) >= 11 is 3.43. The van der Waals surface area contributed by atoms with E-state index in [0.29, 0.717) is 6.54 Å². The highest BCUT2D eigenvalue weighted by Gasteiger charge is 2.13. The third-order valence-electron chi connectivity index (χ3n) is 3.23. The van der Waals surface area contributed by atoms with Gasteiger partial charge in [-0.2, -0.15) is 0 Å². The van der Waals surface area contributed by atoms with Crippen LogP contribution in [0.3, 0.4) is 0 Å². The minimum Gasteiger partial charge on any atom is -0.459 e. The first-order valence-electron chi connectivity index (χ1n) is 6.54. The van der Waals surface area contributed by atoms with Crippen molar-refractivity contribution in [1.29, 1.82) is 0 Å². The fraction of sp³-hybridized carbons (Fsp3) is 0.429. The van der Waals surface area contributed by atoms with Gasteiger partial charge in [0.15, 0.2) is 9.84 Å². The first-order chi connectivity index (χ1) is 9.41. The molecule has 0 aliphatic carbocycles. The van der Waals surface area contributed by atoms with Crippen LogP contribution in [0.4, 0.5) is 0 Å². The third-order valence-corrected chi connectivity index (χ3v) is 5.43. The van der Waals surface area contributed by atoms with Gasteiger partial charge in [0.1, 0.15) is 11.3 Å². The summed E-state index contributed by atoms with van der Waals surface area (Å²) in [5.41, 5.74) is 0.832. The van der Waals surface area contributed by atoms with Gasteiger partial charge in [-0.1, -0.05) is 22.9 Å². The summed E-state index contributed by atoms with van der Waals surface area (Å²) in [6.45, 7) is 4.05. The van der Waals surface area contributed by atoms with Crippen molar-refractivity contribution in [3.05, 3.63) is 34.5 Å². The quantitative estimate of drug-likeness (QED) is 0.859. The third kappa shape index (κ3) is 3.84. The number of hydrogen-bond donors (Lipinski definition) is 1. The number of sulfone groups is 1. The smallest absolute Gasteiger partial charge is 0.151 e. The van der Waals surface area contributed by atoms with E-state index in [1.54, 1.807) is 6.92 Å². The minimum absolute atomic E-state index is 0.0202. The second kappa shape index (κ2) is 6.28. The lowest BCUT2D eigenvalue weighted by molar-refractivity contribution is 0.459. The van der Waals surface area contributed by atoms with E-state index in [0.717, 1.165) is 21.2 Å². The summed E-state index contributed by atoms with van der Waals surface area (Å²) in [6, 6.07) is 7.80. The zero-order chi connectivity index (χ0) is 14.8. The molecule has 2 rings (SSSR count). The Morgan fingerprint density at radius 1 is 1.35 bits per heavy atom. The Bertz CT molecular complexity index is 694. The maximum Gasteiger partial charge on any atom is 0.151 e. The Kier molecular flexibility index (Phi) is 4.88. The van der Waals surface area contributed by atoms with Gasteiger partial charge in [-0.15, -0.1) is 0 Å². The number of fused-ring (bicyclic) bond motifs is 1. The molecular formula is C14H18BrNO3S. The van der Waals surface area contributed by atoms with Crippen molar-refractivity contribution in [2.75, 3.05) is 18.1 Å². The highest BCUT2D eigenvalue weighted by Crippen LogP contribution is 2.26. The Hall–Kier alpha value is -0.850. The van der Waals surface area contributed by atoms with Crippen LogP contribution in [0, 0.1) is 0 Å². The molecule has 0 fully saturated rings. The van der Waals surface area contributed by atoms with Crippen molar-refractivity contribution < 1.29 is 12.8 Å². The molecule has 0 saturated carbocycles. The molecule has 0 radical (unpaired) electrons. The predicted molar refractivity (Wildman–Crippen MR) is 84.7 cm³/mol. The molecule has 0 aliphatic heterocycles. The summed E-state index contributed by atoms with van der Waals surface area (Å²) in [6.07, 6.45) is 0. The average Bonchev–Trinajstić information content (AvgIpc) is 2.81. The fourth-order valence-electron chi connectivity index (χ4n) is 1.92. The van der Waals surface area contributed by atoms with Crippen LogP contribution in [-0.2, 0) is 9.84 Å². The molecule has 1 aromatic carbocycles. The van der Waals surface area contributed by atoms with E-state index in [9.17, 15) is 8.42 Å². The number of furan rings is 1. The normalized spacial score (nSPS) is 13.8. The van der Waals surface area contributed by atoms with Gasteiger partial charge in [0, 0.05) is 22.2 Å². The number of benzene rings is 1. The standard InChI is InChI=1S/C14H18BrNO3S/c1-3-20(17,18)7-6-16-10(2)14-9-11-8-12(15)4-5-13(11)19-14/h4-5,8-10,16H,3,6-7H2,1-2H3. The zero-order valence-corrected chi connectivity index (χ0v) is 13.9. The maximum atomic E-state index is 11.4. The van der Waals surface area contributed by atoms with Crippen LogP contribution >= 0.6 is 15.9 Å². The molecule has 1 unspecified atom stereocenters. The topological polar surface area (TPSA) is 59.3 Å². The molecule has 20 heavy (non-hydrogen) atoms. The number of hydrogen-bond acceptors (Lipinski definition) is 4. The van der Waals surface area contributed by atoms with Gasteiger partial charge in [0.25, 0.3) is 0 Å². The van der Waals surface area contributed by atoms with Gasteiger partial charge in [-0.3, -0.25) is 0 Å². The molecule has 1 aromatic heterocycles. The van der Waals surface area contributed by atoms with Gasteiger partial charge in [-0.05, 0) is 31.2 Å². The Morgan fingerprint density at radius 2 is 2.10 bits per heavy atom. The van der Waals surface area contributed by atoms with E-state index in [4.69, 9.17) is 4.42 Å². The van der Waals surface area contributed by atoms with Crippen molar-refractivity contribution in [1.82, 2.24) is 5.32 Å². The highest BCUT2D eigenvalue weighted by molar-refractivity contribution is 9.10. The predicted octanol–water partition coefficient (Wildman–Crippen LogP) is 3.28. The van der Waals surface area contributed by atoms with E-state index in [1.807, 2.05) is 31.2 Å². The molecule has 0 bridgehead atoms. The lowest BCUT2D eigenvalue weighted by Gasteiger charge is -2.10. The van der Waals surface area contributed by atoms with E-state index >= 15 is 0 Å². The van der Waals surface area contributed by atoms with Gasteiger partial charge in [0.2, 0.25) is 0 Å². The largest absolute Gasteiger partial charge is 0.459 e. The first kappa shape index (κ1) is 15.5. The molecule has 110 valence electrons. The molecule has 0 spiro atoms. The monoisotopic (exact) mass is 359 g/mol. The average molecular weight is 360 g/mol. The van der Waals surface area contributed by atoms with E-state index in [2.05, 4.69) is 21.2 Å². The van der Waals surface area contributed by atoms with Crippen LogP contribution in [-0.4, -0.2) is 26.5 Å². The van der Waals surface area contributed by atoms with E-state index in [-0.39, 0.29) is 17.5 Å². The molecule has 1 heterocycles. The summed E-state index contributed by atoms with van der Waals surface area (Å²) < 4.78 is 29.6. The molecule has 4 nitrogen and oxygen atoms in total. The summed E-state index contributed by atoms with van der Waals surface area (Å²) in [4.78, 5) is 0. The second-order valence-corrected chi connectivity index (χ2v) is 8.13. The maximum absolute atomic E-state index is 11.4. The van der Waals surface area contributed by atoms with Crippen LogP contribution in [0.25, 0.3) is 11.0 Å². The molecule has 1 atom stereocenters. The zero-order valence-electron chi connectivity index (χ0n) is 11.5. The highest BCUT2D eigenvalue weighted by atomic mass is 79.9. The number of halogens is 1. The van der Waals surface area contributed by atoms with Gasteiger partial charge < -0.3 is 9.73 Å². The first-order valence-corrected chi connectivity index (χ1v) is 9.15. The van der Waals surface area contributed by atoms with Crippen molar-refractivity contribution in [2.45, 2.75) is 19.9 Å². The fourth-order valence-corrected chi connectivity index (χ4v) is 3.02. The molecule has 0 saturated heterocycles. The molecule has 0 amide bonds. The summed E-state index contributed by atoms with van der Waals surface area (Å²) in [5.74, 6) is 1.15. The van der Waals surface area contributed by atoms with Gasteiger partial charge in [0.05, 0.1) is 11.8 Å². The Balaban J connectivity index is 2.02. The number of nitrogens with one attached hydrogen (secondary N) is 1. The van der Waals surface area contributed by atoms with E-state index < -0.39 is 9.84 Å². The van der Waals surface area contributed by atoms with Gasteiger partial charge >= 0.3 is 0 Å². The Labute approximate surface area is 127 Å². The molecule has 6 heteroatoms. The van der Waals surface area contributed by atoms with Crippen molar-refractivity contribution in [2.24, 2.45) is 0 Å². The Morgan fingerprint density at radius 3 is 2.80 bits per heavy atom. The van der Waals surface area contributed by atoms with Crippen molar-refractivity contribution in [3.63, 3.8) is 0 Å². The SMILES string of the molecule is CCS(=O)(=O)CCNC(C)c1cc2cc(Br)ccc2o1. The molecule has 1 N–H and O–H groups in total. The molecule has 2 aromatic rings. The lowest BCUT2D eigenvalue weighted by atomic mass is 10.2. The lowest BCUT2D eigenvalue weighted by Crippen LogP contribution is -2.26. The van der Waals surface area contributed by atoms with Crippen LogP contribution in [0.5, 0.6) is 0 Å². The second-order valence-electron chi connectivity index (χ2n) is 4.74. The van der Waals surface area contributed by atoms with Crippen LogP contribution in [0.1, 0.15) is 25.6 Å². The minimum atomic E-state index is -2.93. The van der Waals surface area contributed by atoms with Crippen molar-refractivity contribution in [3.8, 4) is 0 Å². The van der Waals surface area contributed by atoms with Crippen molar-refractivity contribution >= 4 is 36.7 Å². The van der Waals surface area contributed by atoms with Crippen LogP contribution in [0.2, 0.25) is 0 Å². The molecule has 0 aliphatic rings.